The van der Waals surface area contributed by atoms with Crippen molar-refractivity contribution in [2.24, 2.45) is 0 Å². The first-order valence-electron chi connectivity index (χ1n) is 4.16. The Labute approximate surface area is 91.7 Å². The molecule has 0 saturated heterocycles. The van der Waals surface area contributed by atoms with Crippen molar-refractivity contribution in [2.45, 2.75) is 6.42 Å². The molecule has 0 fully saturated rings. The quantitative estimate of drug-likeness (QED) is 0.610. The van der Waals surface area contributed by atoms with Gasteiger partial charge in [0.15, 0.2) is 5.78 Å². The molecule has 0 spiro atoms. The van der Waals surface area contributed by atoms with Gasteiger partial charge in [-0.1, -0.05) is 6.08 Å². The topological polar surface area (TPSA) is 26.3 Å². The van der Waals surface area contributed by atoms with E-state index in [9.17, 15) is 4.79 Å². The maximum atomic E-state index is 11.5. The molecule has 0 amide bonds. The Balaban J connectivity index is 2.96. The van der Waals surface area contributed by atoms with Crippen molar-refractivity contribution in [1.29, 1.82) is 0 Å². The first-order chi connectivity index (χ1) is 6.69. The van der Waals surface area contributed by atoms with Crippen molar-refractivity contribution in [3.63, 3.8) is 0 Å². The Bertz CT molecular complexity index is 358. The zero-order valence-corrected chi connectivity index (χ0v) is 9.50. The van der Waals surface area contributed by atoms with Crippen LogP contribution in [0.25, 0.3) is 0 Å². The zero-order chi connectivity index (χ0) is 10.6. The number of hydrogen-bond donors (Lipinski definition) is 0. The minimum Gasteiger partial charge on any atom is -0.496 e. The lowest BCUT2D eigenvalue weighted by Gasteiger charge is -2.04. The summed E-state index contributed by atoms with van der Waals surface area (Å²) < 4.78 is 5.85. The van der Waals surface area contributed by atoms with Crippen LogP contribution >= 0.6 is 15.9 Å². The summed E-state index contributed by atoms with van der Waals surface area (Å²) in [6, 6.07) is 5.26. The third-order valence-corrected chi connectivity index (χ3v) is 2.42. The summed E-state index contributed by atoms with van der Waals surface area (Å²) in [6.45, 7) is 3.53. The van der Waals surface area contributed by atoms with Gasteiger partial charge < -0.3 is 4.74 Å². The van der Waals surface area contributed by atoms with E-state index in [1.54, 1.807) is 31.4 Å². The highest BCUT2D eigenvalue weighted by Crippen LogP contribution is 2.25. The number of hydrogen-bond acceptors (Lipinski definition) is 2. The molecule has 0 saturated carbocycles. The lowest BCUT2D eigenvalue weighted by molar-refractivity contribution is 0.0996. The van der Waals surface area contributed by atoms with Crippen molar-refractivity contribution in [2.75, 3.05) is 7.11 Å². The summed E-state index contributed by atoms with van der Waals surface area (Å²) in [5, 5.41) is 0. The second kappa shape index (κ2) is 4.96. The summed E-state index contributed by atoms with van der Waals surface area (Å²) in [4.78, 5) is 11.5. The molecule has 74 valence electrons. The predicted octanol–water partition coefficient (Wildman–Crippen LogP) is 3.22. The van der Waals surface area contributed by atoms with E-state index >= 15 is 0 Å². The number of ether oxygens (including phenoxy) is 1. The average Bonchev–Trinajstić information content (AvgIpc) is 2.18. The summed E-state index contributed by atoms with van der Waals surface area (Å²) >= 11 is 3.32. The number of carbonyl (C=O) groups is 1. The number of benzene rings is 1. The molecule has 1 rings (SSSR count). The van der Waals surface area contributed by atoms with Gasteiger partial charge in [-0.25, -0.2) is 0 Å². The molecule has 0 bridgehead atoms. The van der Waals surface area contributed by atoms with Gasteiger partial charge in [0.25, 0.3) is 0 Å². The molecule has 0 aliphatic carbocycles. The van der Waals surface area contributed by atoms with Crippen molar-refractivity contribution >= 4 is 21.7 Å². The average molecular weight is 255 g/mol. The van der Waals surface area contributed by atoms with E-state index in [4.69, 9.17) is 4.74 Å². The Hall–Kier alpha value is -1.09. The molecule has 0 N–H and O–H groups in total. The fraction of sp³-hybridized carbons (Fsp3) is 0.182. The molecule has 0 radical (unpaired) electrons. The minimum atomic E-state index is 0.0587. The van der Waals surface area contributed by atoms with Crippen LogP contribution in [0.3, 0.4) is 0 Å². The highest BCUT2D eigenvalue weighted by molar-refractivity contribution is 9.10. The molecule has 2 nitrogen and oxygen atoms in total. The highest BCUT2D eigenvalue weighted by atomic mass is 79.9. The minimum absolute atomic E-state index is 0.0587. The summed E-state index contributed by atoms with van der Waals surface area (Å²) in [6.07, 6.45) is 1.96. The van der Waals surface area contributed by atoms with Crippen LogP contribution in [0, 0.1) is 0 Å². The molecule has 0 atom stereocenters. The third kappa shape index (κ3) is 2.45. The maximum Gasteiger partial charge on any atom is 0.166 e. The van der Waals surface area contributed by atoms with Gasteiger partial charge in [-0.2, -0.15) is 0 Å². The van der Waals surface area contributed by atoms with E-state index in [-0.39, 0.29) is 5.78 Å². The Morgan fingerprint density at radius 3 is 2.86 bits per heavy atom. The molecule has 1 aromatic rings. The predicted molar refractivity (Wildman–Crippen MR) is 59.8 cm³/mol. The second-order valence-electron chi connectivity index (χ2n) is 2.77. The molecule has 1 aromatic carbocycles. The smallest absolute Gasteiger partial charge is 0.166 e. The fourth-order valence-electron chi connectivity index (χ4n) is 1.09. The summed E-state index contributed by atoms with van der Waals surface area (Å²) in [5.74, 6) is 0.781. The number of ketones is 1. The van der Waals surface area contributed by atoms with E-state index in [1.807, 2.05) is 0 Å². The highest BCUT2D eigenvalue weighted by Gasteiger charge is 2.06. The van der Waals surface area contributed by atoms with Gasteiger partial charge in [-0.05, 0) is 34.1 Å². The van der Waals surface area contributed by atoms with E-state index in [1.165, 1.54) is 0 Å². The van der Waals surface area contributed by atoms with Crippen molar-refractivity contribution in [1.82, 2.24) is 0 Å². The zero-order valence-electron chi connectivity index (χ0n) is 7.92. The molecular formula is C11H11BrO2. The Morgan fingerprint density at radius 1 is 1.64 bits per heavy atom. The number of rotatable bonds is 4. The molecule has 3 heteroatoms. The number of carbonyl (C=O) groups excluding carboxylic acids is 1. The molecule has 0 heterocycles. The molecule has 0 aliphatic heterocycles. The Morgan fingerprint density at radius 2 is 2.36 bits per heavy atom. The van der Waals surface area contributed by atoms with Crippen molar-refractivity contribution in [3.8, 4) is 5.75 Å². The molecule has 0 aromatic heterocycles. The van der Waals surface area contributed by atoms with Gasteiger partial charge in [0.1, 0.15) is 5.75 Å². The molecular weight excluding hydrogens is 244 g/mol. The number of methoxy groups -OCH3 is 1. The largest absolute Gasteiger partial charge is 0.496 e. The van der Waals surface area contributed by atoms with Crippen LogP contribution in [0.4, 0.5) is 0 Å². The van der Waals surface area contributed by atoms with E-state index < -0.39 is 0 Å². The van der Waals surface area contributed by atoms with Gasteiger partial charge in [-0.3, -0.25) is 4.79 Å². The van der Waals surface area contributed by atoms with Gasteiger partial charge in [-0.15, -0.1) is 6.58 Å². The SMILES string of the molecule is C=CCC(=O)c1ccc(OC)c(Br)c1. The van der Waals surface area contributed by atoms with Crippen LogP contribution in [0.15, 0.2) is 35.3 Å². The van der Waals surface area contributed by atoms with Crippen LogP contribution < -0.4 is 4.74 Å². The summed E-state index contributed by atoms with van der Waals surface area (Å²) in [7, 11) is 1.59. The molecule has 0 aliphatic rings. The lowest BCUT2D eigenvalue weighted by atomic mass is 10.1. The standard InChI is InChI=1S/C11H11BrO2/c1-3-4-10(13)8-5-6-11(14-2)9(12)7-8/h3,5-7H,1,4H2,2H3. The van der Waals surface area contributed by atoms with Crippen LogP contribution in [-0.4, -0.2) is 12.9 Å². The van der Waals surface area contributed by atoms with E-state index in [2.05, 4.69) is 22.5 Å². The monoisotopic (exact) mass is 254 g/mol. The molecule has 14 heavy (non-hydrogen) atoms. The summed E-state index contributed by atoms with van der Waals surface area (Å²) in [5.41, 5.74) is 0.664. The maximum absolute atomic E-state index is 11.5. The second-order valence-corrected chi connectivity index (χ2v) is 3.62. The van der Waals surface area contributed by atoms with Gasteiger partial charge in [0, 0.05) is 12.0 Å². The fourth-order valence-corrected chi connectivity index (χ4v) is 1.63. The van der Waals surface area contributed by atoms with E-state index in [0.717, 1.165) is 10.2 Å². The van der Waals surface area contributed by atoms with Gasteiger partial charge >= 0.3 is 0 Å². The molecule has 0 unspecified atom stereocenters. The first-order valence-corrected chi connectivity index (χ1v) is 4.96. The van der Waals surface area contributed by atoms with Crippen molar-refractivity contribution < 1.29 is 9.53 Å². The van der Waals surface area contributed by atoms with Gasteiger partial charge in [0.2, 0.25) is 0 Å². The lowest BCUT2D eigenvalue weighted by Crippen LogP contribution is -1.97. The first kappa shape index (κ1) is 11.0. The number of allylic oxidation sites excluding steroid dienone is 1. The van der Waals surface area contributed by atoms with Crippen LogP contribution in [-0.2, 0) is 0 Å². The van der Waals surface area contributed by atoms with Crippen molar-refractivity contribution in [3.05, 3.63) is 40.9 Å². The number of Topliss-reactive ketones (excluding diaryl/α,β-unsaturated/α-hetero) is 1. The Kier molecular flexibility index (Phi) is 3.89. The third-order valence-electron chi connectivity index (χ3n) is 1.80. The van der Waals surface area contributed by atoms with Crippen LogP contribution in [0.1, 0.15) is 16.8 Å². The van der Waals surface area contributed by atoms with Gasteiger partial charge in [0.05, 0.1) is 11.6 Å². The van der Waals surface area contributed by atoms with Crippen LogP contribution in [0.2, 0.25) is 0 Å². The van der Waals surface area contributed by atoms with Crippen LogP contribution in [0.5, 0.6) is 5.75 Å². The normalized spacial score (nSPS) is 9.57. The van der Waals surface area contributed by atoms with E-state index in [0.29, 0.717) is 12.0 Å². The number of halogens is 1.